The zero-order chi connectivity index (χ0) is 15.1. The van der Waals surface area contributed by atoms with E-state index in [0.717, 1.165) is 30.4 Å². The highest BCUT2D eigenvalue weighted by molar-refractivity contribution is 6.30. The molecule has 0 spiro atoms. The fourth-order valence-corrected chi connectivity index (χ4v) is 3.81. The number of likely N-dealkylation sites (tertiary alicyclic amines) is 1. The summed E-state index contributed by atoms with van der Waals surface area (Å²) in [4.78, 5) is 2.40. The second kappa shape index (κ2) is 5.64. The maximum Gasteiger partial charge on any atom is 0.141 e. The van der Waals surface area contributed by atoms with Crippen LogP contribution in [0.15, 0.2) is 36.5 Å². The number of benzene rings is 1. The number of ether oxygens (including phenoxy) is 1. The first kappa shape index (κ1) is 14.2. The van der Waals surface area contributed by atoms with Gasteiger partial charge in [-0.1, -0.05) is 17.7 Å². The number of aromatic nitrogens is 1. The first-order valence-electron chi connectivity index (χ1n) is 7.99. The first-order chi connectivity index (χ1) is 10.7. The molecule has 1 aromatic carbocycles. The molecule has 1 unspecified atom stereocenters. The Morgan fingerprint density at radius 3 is 2.82 bits per heavy atom. The molecule has 4 rings (SSSR count). The number of halogens is 1. The Morgan fingerprint density at radius 2 is 2.00 bits per heavy atom. The quantitative estimate of drug-likeness (QED) is 0.792. The Hall–Kier alpha value is -1.45. The summed E-state index contributed by atoms with van der Waals surface area (Å²) >= 11 is 6.17. The molecule has 1 fully saturated rings. The average molecular weight is 317 g/mol. The van der Waals surface area contributed by atoms with E-state index in [4.69, 9.17) is 16.3 Å². The molecule has 2 aliphatic rings. The van der Waals surface area contributed by atoms with E-state index < -0.39 is 0 Å². The maximum absolute atomic E-state index is 6.47. The molecule has 2 aliphatic heterocycles. The van der Waals surface area contributed by atoms with E-state index in [-0.39, 0.29) is 6.10 Å². The van der Waals surface area contributed by atoms with Gasteiger partial charge < -0.3 is 14.2 Å². The van der Waals surface area contributed by atoms with E-state index >= 15 is 0 Å². The van der Waals surface area contributed by atoms with Gasteiger partial charge in [0, 0.05) is 22.7 Å². The van der Waals surface area contributed by atoms with Crippen LogP contribution < -0.4 is 4.74 Å². The second-order valence-corrected chi connectivity index (χ2v) is 6.93. The molecule has 3 heterocycles. The Morgan fingerprint density at radius 1 is 1.18 bits per heavy atom. The zero-order valence-corrected chi connectivity index (χ0v) is 13.6. The van der Waals surface area contributed by atoms with Crippen molar-refractivity contribution in [2.75, 3.05) is 20.1 Å². The lowest BCUT2D eigenvalue weighted by Crippen LogP contribution is -2.34. The standard InChI is InChI=1S/C18H21ClN2O/c1-20-9-6-13(7-10-20)18-16-3-2-8-21(16)12-14-4-5-15(19)11-17(14)22-18/h2-5,8,11,13,18H,6-7,9-10,12H2,1H3. The van der Waals surface area contributed by atoms with E-state index in [9.17, 15) is 0 Å². The molecule has 1 saturated heterocycles. The molecule has 4 heteroatoms. The zero-order valence-electron chi connectivity index (χ0n) is 12.8. The third-order valence-electron chi connectivity index (χ3n) is 4.97. The predicted molar refractivity (Wildman–Crippen MR) is 88.6 cm³/mol. The van der Waals surface area contributed by atoms with E-state index in [1.54, 1.807) is 0 Å². The number of hydrogen-bond donors (Lipinski definition) is 0. The highest BCUT2D eigenvalue weighted by atomic mass is 35.5. The van der Waals surface area contributed by atoms with Crippen molar-refractivity contribution in [3.05, 3.63) is 52.8 Å². The van der Waals surface area contributed by atoms with Crippen LogP contribution in [0, 0.1) is 5.92 Å². The summed E-state index contributed by atoms with van der Waals surface area (Å²) in [6.45, 7) is 3.15. The van der Waals surface area contributed by atoms with Gasteiger partial charge in [0.2, 0.25) is 0 Å². The molecule has 116 valence electrons. The number of hydrogen-bond acceptors (Lipinski definition) is 2. The highest BCUT2D eigenvalue weighted by Crippen LogP contribution is 2.39. The molecule has 2 aromatic rings. The molecule has 0 bridgehead atoms. The van der Waals surface area contributed by atoms with Gasteiger partial charge in [-0.05, 0) is 57.2 Å². The van der Waals surface area contributed by atoms with Crippen molar-refractivity contribution >= 4 is 11.6 Å². The number of piperidine rings is 1. The van der Waals surface area contributed by atoms with Crippen molar-refractivity contribution < 1.29 is 4.74 Å². The number of rotatable bonds is 1. The molecule has 1 atom stereocenters. The largest absolute Gasteiger partial charge is 0.484 e. The Labute approximate surface area is 136 Å². The molecule has 0 N–H and O–H groups in total. The maximum atomic E-state index is 6.47. The van der Waals surface area contributed by atoms with Gasteiger partial charge >= 0.3 is 0 Å². The van der Waals surface area contributed by atoms with Gasteiger partial charge in [-0.2, -0.15) is 0 Å². The monoisotopic (exact) mass is 316 g/mol. The Balaban J connectivity index is 1.71. The van der Waals surface area contributed by atoms with Crippen LogP contribution in [0.3, 0.4) is 0 Å². The predicted octanol–water partition coefficient (Wildman–Crippen LogP) is 3.97. The third-order valence-corrected chi connectivity index (χ3v) is 5.21. The summed E-state index contributed by atoms with van der Waals surface area (Å²) in [7, 11) is 2.20. The van der Waals surface area contributed by atoms with Gasteiger partial charge in [0.05, 0.1) is 12.2 Å². The van der Waals surface area contributed by atoms with Crippen molar-refractivity contribution in [3.63, 3.8) is 0 Å². The van der Waals surface area contributed by atoms with Gasteiger partial charge in [-0.3, -0.25) is 0 Å². The summed E-state index contributed by atoms with van der Waals surface area (Å²) < 4.78 is 8.80. The highest BCUT2D eigenvalue weighted by Gasteiger charge is 2.32. The molecule has 0 radical (unpaired) electrons. The number of fused-ring (bicyclic) bond motifs is 2. The van der Waals surface area contributed by atoms with Gasteiger partial charge in [-0.25, -0.2) is 0 Å². The average Bonchev–Trinajstić information content (AvgIpc) is 2.91. The van der Waals surface area contributed by atoms with E-state index in [1.807, 2.05) is 12.1 Å². The van der Waals surface area contributed by atoms with Crippen LogP contribution >= 0.6 is 11.6 Å². The van der Waals surface area contributed by atoms with Crippen LogP contribution in [0.4, 0.5) is 0 Å². The van der Waals surface area contributed by atoms with Crippen LogP contribution in [0.25, 0.3) is 0 Å². The van der Waals surface area contributed by atoms with Crippen molar-refractivity contribution in [2.45, 2.75) is 25.5 Å². The summed E-state index contributed by atoms with van der Waals surface area (Å²) in [5, 5.41) is 0.743. The molecule has 22 heavy (non-hydrogen) atoms. The minimum atomic E-state index is 0.128. The van der Waals surface area contributed by atoms with Gasteiger partial charge in [0.15, 0.2) is 0 Å². The minimum absolute atomic E-state index is 0.128. The lowest BCUT2D eigenvalue weighted by Gasteiger charge is -2.34. The van der Waals surface area contributed by atoms with Crippen LogP contribution in [-0.2, 0) is 6.54 Å². The lowest BCUT2D eigenvalue weighted by atomic mass is 9.89. The van der Waals surface area contributed by atoms with Crippen molar-refractivity contribution in [3.8, 4) is 5.75 Å². The first-order valence-corrected chi connectivity index (χ1v) is 8.37. The van der Waals surface area contributed by atoms with Crippen LogP contribution in [0.1, 0.15) is 30.2 Å². The molecule has 1 aromatic heterocycles. The summed E-state index contributed by atoms with van der Waals surface area (Å²) in [5.74, 6) is 1.51. The van der Waals surface area contributed by atoms with Crippen LogP contribution in [0.5, 0.6) is 5.75 Å². The fourth-order valence-electron chi connectivity index (χ4n) is 3.65. The molecule has 0 saturated carbocycles. The SMILES string of the molecule is CN1CCC(C2Oc3cc(Cl)ccc3Cn3cccc32)CC1. The minimum Gasteiger partial charge on any atom is -0.484 e. The van der Waals surface area contributed by atoms with Gasteiger partial charge in [-0.15, -0.1) is 0 Å². The van der Waals surface area contributed by atoms with Gasteiger partial charge in [0.1, 0.15) is 11.9 Å². The molecular weight excluding hydrogens is 296 g/mol. The molecule has 3 nitrogen and oxygen atoms in total. The van der Waals surface area contributed by atoms with E-state index in [2.05, 4.69) is 40.9 Å². The third kappa shape index (κ3) is 2.53. The van der Waals surface area contributed by atoms with Crippen molar-refractivity contribution in [2.24, 2.45) is 5.92 Å². The lowest BCUT2D eigenvalue weighted by molar-refractivity contribution is 0.0823. The second-order valence-electron chi connectivity index (χ2n) is 6.49. The molecule has 0 amide bonds. The van der Waals surface area contributed by atoms with Crippen LogP contribution in [-0.4, -0.2) is 29.6 Å². The smallest absolute Gasteiger partial charge is 0.141 e. The number of nitrogens with zero attached hydrogens (tertiary/aromatic N) is 2. The van der Waals surface area contributed by atoms with E-state index in [0.29, 0.717) is 5.92 Å². The van der Waals surface area contributed by atoms with Gasteiger partial charge in [0.25, 0.3) is 0 Å². The topological polar surface area (TPSA) is 17.4 Å². The summed E-state index contributed by atoms with van der Waals surface area (Å²) in [6.07, 6.45) is 4.65. The molecular formula is C18H21ClN2O. The van der Waals surface area contributed by atoms with Crippen LogP contribution in [0.2, 0.25) is 5.02 Å². The van der Waals surface area contributed by atoms with Crippen molar-refractivity contribution in [1.82, 2.24) is 9.47 Å². The summed E-state index contributed by atoms with van der Waals surface area (Å²) in [6, 6.07) is 10.3. The normalized spacial score (nSPS) is 22.5. The molecule has 0 aliphatic carbocycles. The Kier molecular flexibility index (Phi) is 3.63. The fraction of sp³-hybridized carbons (Fsp3) is 0.444. The van der Waals surface area contributed by atoms with E-state index in [1.165, 1.54) is 24.1 Å². The van der Waals surface area contributed by atoms with Crippen molar-refractivity contribution in [1.29, 1.82) is 0 Å². The Bertz CT molecular complexity index is 673. The summed E-state index contributed by atoms with van der Waals surface area (Å²) in [5.41, 5.74) is 2.50.